The van der Waals surface area contributed by atoms with Crippen molar-refractivity contribution in [2.45, 2.75) is 13.8 Å². The highest BCUT2D eigenvalue weighted by Gasteiger charge is 2.10. The second kappa shape index (κ2) is 7.24. The average molecular weight is 272 g/mol. The van der Waals surface area contributed by atoms with E-state index >= 15 is 0 Å². The quantitative estimate of drug-likeness (QED) is 0.828. The molecule has 18 heavy (non-hydrogen) atoms. The Morgan fingerprint density at radius 1 is 1.39 bits per heavy atom. The molecule has 0 aliphatic heterocycles. The highest BCUT2D eigenvalue weighted by molar-refractivity contribution is 6.33. The van der Waals surface area contributed by atoms with Crippen molar-refractivity contribution < 1.29 is 14.6 Å². The Bertz CT molecular complexity index is 405. The Labute approximate surface area is 112 Å². The van der Waals surface area contributed by atoms with E-state index in [9.17, 15) is 4.79 Å². The van der Waals surface area contributed by atoms with Crippen LogP contribution in [0, 0.1) is 0 Å². The van der Waals surface area contributed by atoms with E-state index in [0.29, 0.717) is 12.4 Å². The molecule has 0 fully saturated rings. The molecule has 0 aliphatic carbocycles. The Morgan fingerprint density at radius 2 is 2.06 bits per heavy atom. The van der Waals surface area contributed by atoms with Crippen molar-refractivity contribution in [3.8, 4) is 5.75 Å². The summed E-state index contributed by atoms with van der Waals surface area (Å²) in [6, 6.07) is 4.67. The van der Waals surface area contributed by atoms with Crippen molar-refractivity contribution in [1.82, 2.24) is 4.90 Å². The molecule has 0 unspecified atom stereocenters. The van der Waals surface area contributed by atoms with Crippen LogP contribution in [0.2, 0.25) is 5.02 Å². The molecule has 0 atom stereocenters. The summed E-state index contributed by atoms with van der Waals surface area (Å²) in [6.07, 6.45) is 0. The number of hydrogen-bond donors (Lipinski definition) is 1. The minimum Gasteiger partial charge on any atom is -0.492 e. The summed E-state index contributed by atoms with van der Waals surface area (Å²) >= 11 is 5.78. The number of aromatic carboxylic acids is 1. The maximum Gasteiger partial charge on any atom is 0.337 e. The second-order valence-electron chi connectivity index (χ2n) is 3.82. The normalized spacial score (nSPS) is 10.7. The molecule has 5 heteroatoms. The third kappa shape index (κ3) is 4.20. The molecule has 0 amide bonds. The van der Waals surface area contributed by atoms with E-state index in [-0.39, 0.29) is 10.6 Å². The van der Waals surface area contributed by atoms with Gasteiger partial charge >= 0.3 is 5.97 Å². The Hall–Kier alpha value is -1.26. The van der Waals surface area contributed by atoms with Crippen LogP contribution in [-0.4, -0.2) is 42.2 Å². The van der Waals surface area contributed by atoms with E-state index in [1.165, 1.54) is 12.1 Å². The zero-order valence-electron chi connectivity index (χ0n) is 10.6. The topological polar surface area (TPSA) is 49.8 Å². The van der Waals surface area contributed by atoms with Gasteiger partial charge in [0, 0.05) is 6.54 Å². The number of carboxylic acids is 1. The van der Waals surface area contributed by atoms with E-state index in [1.54, 1.807) is 6.07 Å². The van der Waals surface area contributed by atoms with Gasteiger partial charge in [-0.15, -0.1) is 0 Å². The van der Waals surface area contributed by atoms with Gasteiger partial charge in [-0.3, -0.25) is 0 Å². The van der Waals surface area contributed by atoms with Crippen LogP contribution < -0.4 is 4.74 Å². The minimum atomic E-state index is -1.05. The molecule has 0 heterocycles. The summed E-state index contributed by atoms with van der Waals surface area (Å²) < 4.78 is 5.52. The van der Waals surface area contributed by atoms with Gasteiger partial charge in [0.25, 0.3) is 0 Å². The van der Waals surface area contributed by atoms with Crippen molar-refractivity contribution in [3.63, 3.8) is 0 Å². The van der Waals surface area contributed by atoms with Crippen LogP contribution in [0.25, 0.3) is 0 Å². The number of benzene rings is 1. The fourth-order valence-electron chi connectivity index (χ4n) is 1.59. The molecule has 0 bridgehead atoms. The molecule has 1 N–H and O–H groups in total. The molecule has 4 nitrogen and oxygen atoms in total. The fourth-order valence-corrected chi connectivity index (χ4v) is 1.79. The smallest absolute Gasteiger partial charge is 0.337 e. The summed E-state index contributed by atoms with van der Waals surface area (Å²) in [7, 11) is 0. The Balaban J connectivity index is 2.58. The number of carboxylic acid groups (broad SMARTS) is 1. The third-order valence-electron chi connectivity index (χ3n) is 2.74. The molecule has 1 rings (SSSR count). The van der Waals surface area contributed by atoms with Crippen molar-refractivity contribution in [1.29, 1.82) is 0 Å². The first kappa shape index (κ1) is 14.8. The van der Waals surface area contributed by atoms with Crippen LogP contribution in [0.5, 0.6) is 5.75 Å². The van der Waals surface area contributed by atoms with E-state index in [1.807, 2.05) is 0 Å². The largest absolute Gasteiger partial charge is 0.492 e. The SMILES string of the molecule is CCN(CC)CCOc1ccc(Cl)c(C(=O)O)c1. The van der Waals surface area contributed by atoms with Crippen LogP contribution >= 0.6 is 11.6 Å². The number of rotatable bonds is 7. The average Bonchev–Trinajstić information content (AvgIpc) is 2.36. The molecule has 0 aliphatic rings. The highest BCUT2D eigenvalue weighted by Crippen LogP contribution is 2.22. The van der Waals surface area contributed by atoms with Gasteiger partial charge in [0.2, 0.25) is 0 Å². The number of ether oxygens (including phenoxy) is 1. The van der Waals surface area contributed by atoms with Gasteiger partial charge in [-0.25, -0.2) is 4.79 Å². The first-order valence-corrected chi connectivity index (χ1v) is 6.34. The standard InChI is InChI=1S/C13H18ClNO3/c1-3-15(4-2)7-8-18-10-5-6-12(14)11(9-10)13(16)17/h5-6,9H,3-4,7-8H2,1-2H3,(H,16,17). The van der Waals surface area contributed by atoms with Crippen molar-refractivity contribution in [3.05, 3.63) is 28.8 Å². The van der Waals surface area contributed by atoms with Crippen LogP contribution in [-0.2, 0) is 0 Å². The highest BCUT2D eigenvalue weighted by atomic mass is 35.5. The molecule has 0 saturated carbocycles. The number of carbonyl (C=O) groups is 1. The van der Waals surface area contributed by atoms with Crippen molar-refractivity contribution >= 4 is 17.6 Å². The molecule has 1 aromatic carbocycles. The van der Waals surface area contributed by atoms with Crippen LogP contribution in [0.3, 0.4) is 0 Å². The van der Waals surface area contributed by atoms with Gasteiger partial charge in [-0.1, -0.05) is 25.4 Å². The summed E-state index contributed by atoms with van der Waals surface area (Å²) in [6.45, 7) is 7.48. The minimum absolute atomic E-state index is 0.0667. The first-order valence-electron chi connectivity index (χ1n) is 5.96. The van der Waals surface area contributed by atoms with E-state index < -0.39 is 5.97 Å². The van der Waals surface area contributed by atoms with E-state index in [2.05, 4.69) is 18.7 Å². The summed E-state index contributed by atoms with van der Waals surface area (Å²) in [5, 5.41) is 9.15. The lowest BCUT2D eigenvalue weighted by Gasteiger charge is -2.18. The lowest BCUT2D eigenvalue weighted by atomic mass is 10.2. The summed E-state index contributed by atoms with van der Waals surface area (Å²) in [4.78, 5) is 13.1. The monoisotopic (exact) mass is 271 g/mol. The first-order chi connectivity index (χ1) is 8.58. The molecule has 1 aromatic rings. The molecule has 0 saturated heterocycles. The van der Waals surface area contributed by atoms with E-state index in [4.69, 9.17) is 21.4 Å². The van der Waals surface area contributed by atoms with Crippen molar-refractivity contribution in [2.24, 2.45) is 0 Å². The maximum absolute atomic E-state index is 10.9. The fraction of sp³-hybridized carbons (Fsp3) is 0.462. The summed E-state index contributed by atoms with van der Waals surface area (Å²) in [5.41, 5.74) is 0.0667. The molecular weight excluding hydrogens is 254 g/mol. The van der Waals surface area contributed by atoms with Gasteiger partial charge < -0.3 is 14.7 Å². The lowest BCUT2D eigenvalue weighted by molar-refractivity contribution is 0.0696. The van der Waals surface area contributed by atoms with Crippen LogP contribution in [0.4, 0.5) is 0 Å². The van der Waals surface area contributed by atoms with Crippen LogP contribution in [0.15, 0.2) is 18.2 Å². The summed E-state index contributed by atoms with van der Waals surface area (Å²) in [5.74, 6) is -0.516. The Morgan fingerprint density at radius 3 is 2.61 bits per heavy atom. The molecule has 0 aromatic heterocycles. The zero-order chi connectivity index (χ0) is 13.5. The molecule has 0 spiro atoms. The second-order valence-corrected chi connectivity index (χ2v) is 4.23. The number of hydrogen-bond acceptors (Lipinski definition) is 3. The van der Waals surface area contributed by atoms with Gasteiger partial charge in [0.05, 0.1) is 10.6 Å². The number of halogens is 1. The van der Waals surface area contributed by atoms with Gasteiger partial charge in [-0.2, -0.15) is 0 Å². The third-order valence-corrected chi connectivity index (χ3v) is 3.07. The van der Waals surface area contributed by atoms with Crippen LogP contribution in [0.1, 0.15) is 24.2 Å². The molecular formula is C13H18ClNO3. The van der Waals surface area contributed by atoms with E-state index in [0.717, 1.165) is 19.6 Å². The molecule has 0 radical (unpaired) electrons. The van der Waals surface area contributed by atoms with Gasteiger partial charge in [0.15, 0.2) is 0 Å². The molecule has 100 valence electrons. The number of nitrogens with zero attached hydrogens (tertiary/aromatic N) is 1. The van der Waals surface area contributed by atoms with Gasteiger partial charge in [0.1, 0.15) is 12.4 Å². The van der Waals surface area contributed by atoms with Gasteiger partial charge in [-0.05, 0) is 31.3 Å². The number of likely N-dealkylation sites (N-methyl/N-ethyl adjacent to an activating group) is 1. The predicted molar refractivity (Wildman–Crippen MR) is 71.7 cm³/mol. The predicted octanol–water partition coefficient (Wildman–Crippen LogP) is 2.76. The zero-order valence-corrected chi connectivity index (χ0v) is 11.4. The Kier molecular flexibility index (Phi) is 5.95. The lowest BCUT2D eigenvalue weighted by Crippen LogP contribution is -2.27. The van der Waals surface area contributed by atoms with Crippen molar-refractivity contribution in [2.75, 3.05) is 26.2 Å². The maximum atomic E-state index is 10.9.